The number of hydrogen-bond donors (Lipinski definition) is 0. The minimum Gasteiger partial charge on any atom is -0.544 e. The first-order chi connectivity index (χ1) is 12.7. The molecule has 0 spiro atoms. The minimum atomic E-state index is -1.72. The van der Waals surface area contributed by atoms with E-state index in [1.807, 2.05) is 18.2 Å². The van der Waals surface area contributed by atoms with Crippen LogP contribution in [0.3, 0.4) is 0 Å². The molecule has 0 saturated heterocycles. The predicted molar refractivity (Wildman–Crippen MR) is 127 cm³/mol. The van der Waals surface area contributed by atoms with Crippen molar-refractivity contribution in [3.8, 4) is 5.75 Å². The molecule has 0 atom stereocenters. The highest BCUT2D eigenvalue weighted by Crippen LogP contribution is 2.39. The van der Waals surface area contributed by atoms with E-state index < -0.39 is 8.32 Å². The van der Waals surface area contributed by atoms with Gasteiger partial charge in [0.2, 0.25) is 8.32 Å². The number of halogens is 2. The summed E-state index contributed by atoms with van der Waals surface area (Å²) in [5, 5.41) is 1.36. The highest BCUT2D eigenvalue weighted by Gasteiger charge is 2.28. The summed E-state index contributed by atoms with van der Waals surface area (Å²) in [6, 6.07) is 12.4. The van der Waals surface area contributed by atoms with E-state index in [4.69, 9.17) is 27.6 Å². The number of benzene rings is 2. The molecule has 0 aliphatic rings. The predicted octanol–water partition coefficient (Wildman–Crippen LogP) is 8.51. The maximum absolute atomic E-state index is 6.47. The Labute approximate surface area is 182 Å². The van der Waals surface area contributed by atoms with Crippen molar-refractivity contribution in [2.45, 2.75) is 72.5 Å². The molecule has 0 unspecified atom stereocenters. The van der Waals surface area contributed by atoms with Crippen molar-refractivity contribution in [2.75, 3.05) is 0 Å². The Kier molecular flexibility index (Phi) is 7.01. The average molecular weight is 438 g/mol. The summed E-state index contributed by atoms with van der Waals surface area (Å²) >= 11 is 12.5. The third-order valence-electron chi connectivity index (χ3n) is 4.63. The molecule has 0 radical (unpaired) electrons. The Balaban J connectivity index is 2.49. The molecular formula is C24H34Cl2OSi. The maximum atomic E-state index is 6.47. The van der Waals surface area contributed by atoms with Crippen LogP contribution in [0.5, 0.6) is 5.75 Å². The van der Waals surface area contributed by atoms with Crippen LogP contribution in [0.15, 0.2) is 36.4 Å². The second-order valence-corrected chi connectivity index (χ2v) is 15.8. The quantitative estimate of drug-likeness (QED) is 0.412. The van der Waals surface area contributed by atoms with Crippen LogP contribution in [0.2, 0.25) is 29.7 Å². The molecule has 0 amide bonds. The first-order valence-corrected chi connectivity index (χ1v) is 14.1. The van der Waals surface area contributed by atoms with Gasteiger partial charge in [0.15, 0.2) is 0 Å². The van der Waals surface area contributed by atoms with E-state index in [0.717, 1.165) is 24.2 Å². The first-order valence-electron chi connectivity index (χ1n) is 9.93. The van der Waals surface area contributed by atoms with Gasteiger partial charge >= 0.3 is 0 Å². The fraction of sp³-hybridized carbons (Fsp3) is 0.500. The number of rotatable bonds is 6. The molecule has 2 aromatic carbocycles. The zero-order valence-electron chi connectivity index (χ0n) is 18.5. The minimum absolute atomic E-state index is 0.0779. The summed E-state index contributed by atoms with van der Waals surface area (Å²) in [6.07, 6.45) is 1.84. The zero-order valence-corrected chi connectivity index (χ0v) is 21.1. The van der Waals surface area contributed by atoms with E-state index in [9.17, 15) is 0 Å². The fourth-order valence-corrected chi connectivity index (χ4v) is 5.20. The summed E-state index contributed by atoms with van der Waals surface area (Å²) < 4.78 is 6.41. The Bertz CT molecular complexity index is 829. The molecule has 0 N–H and O–H groups in total. The molecule has 0 aliphatic heterocycles. The lowest BCUT2D eigenvalue weighted by Gasteiger charge is -2.34. The lowest BCUT2D eigenvalue weighted by Crippen LogP contribution is -2.30. The Hall–Kier alpha value is -0.963. The molecule has 2 rings (SSSR count). The maximum Gasteiger partial charge on any atom is 0.242 e. The highest BCUT2D eigenvalue weighted by atomic mass is 35.5. The monoisotopic (exact) mass is 436 g/mol. The van der Waals surface area contributed by atoms with Gasteiger partial charge in [-0.1, -0.05) is 76.0 Å². The van der Waals surface area contributed by atoms with Crippen molar-refractivity contribution in [3.63, 3.8) is 0 Å². The molecule has 2 aromatic rings. The van der Waals surface area contributed by atoms with Crippen LogP contribution in [0, 0.1) is 5.41 Å². The van der Waals surface area contributed by atoms with Crippen molar-refractivity contribution in [1.82, 2.24) is 0 Å². The molecule has 0 aromatic heterocycles. The summed E-state index contributed by atoms with van der Waals surface area (Å²) in [7, 11) is -1.72. The topological polar surface area (TPSA) is 9.23 Å². The third kappa shape index (κ3) is 6.83. The molecule has 154 valence electrons. The van der Waals surface area contributed by atoms with E-state index in [-0.39, 0.29) is 10.8 Å². The summed E-state index contributed by atoms with van der Waals surface area (Å²) in [6.45, 7) is 18.2. The molecule has 1 nitrogen and oxygen atoms in total. The fourth-order valence-electron chi connectivity index (χ4n) is 3.87. The molecule has 4 heteroatoms. The van der Waals surface area contributed by atoms with Crippen LogP contribution in [0.4, 0.5) is 0 Å². The van der Waals surface area contributed by atoms with Crippen LogP contribution >= 0.6 is 23.2 Å². The van der Waals surface area contributed by atoms with Crippen molar-refractivity contribution < 1.29 is 4.43 Å². The third-order valence-corrected chi connectivity index (χ3v) is 6.05. The SMILES string of the molecule is CC(C)(C)CC(C)(C)c1ccc(O[Si](C)(C)C)c(Cc2ccc(Cl)cc2Cl)c1. The van der Waals surface area contributed by atoms with E-state index in [2.05, 4.69) is 72.5 Å². The average Bonchev–Trinajstić information content (AvgIpc) is 2.47. The van der Waals surface area contributed by atoms with Gasteiger partial charge in [-0.2, -0.15) is 0 Å². The molecular weight excluding hydrogens is 403 g/mol. The standard InChI is InChI=1S/C24H34Cl2OSi/c1-23(2,3)16-24(4,5)19-10-12-22(27-28(6,7)8)18(14-19)13-17-9-11-20(25)15-21(17)26/h9-12,14-15H,13,16H2,1-8H3. The van der Waals surface area contributed by atoms with Crippen molar-refractivity contribution in [3.05, 3.63) is 63.1 Å². The summed E-state index contributed by atoms with van der Waals surface area (Å²) in [5.74, 6) is 0.973. The summed E-state index contributed by atoms with van der Waals surface area (Å²) in [5.41, 5.74) is 3.93. The van der Waals surface area contributed by atoms with E-state index in [0.29, 0.717) is 10.0 Å². The van der Waals surface area contributed by atoms with Crippen LogP contribution in [-0.2, 0) is 11.8 Å². The van der Waals surface area contributed by atoms with Crippen molar-refractivity contribution in [2.24, 2.45) is 5.41 Å². The molecule has 28 heavy (non-hydrogen) atoms. The lowest BCUT2D eigenvalue weighted by molar-refractivity contribution is 0.284. The van der Waals surface area contributed by atoms with E-state index in [1.54, 1.807) is 0 Å². The Morgan fingerprint density at radius 2 is 1.50 bits per heavy atom. The van der Waals surface area contributed by atoms with Crippen LogP contribution < -0.4 is 4.43 Å². The second kappa shape index (κ2) is 8.42. The first kappa shape index (κ1) is 23.3. The van der Waals surface area contributed by atoms with Gasteiger partial charge < -0.3 is 4.43 Å². The number of hydrogen-bond acceptors (Lipinski definition) is 1. The van der Waals surface area contributed by atoms with Gasteiger partial charge in [0.05, 0.1) is 0 Å². The lowest BCUT2D eigenvalue weighted by atomic mass is 9.72. The van der Waals surface area contributed by atoms with E-state index in [1.165, 1.54) is 11.1 Å². The van der Waals surface area contributed by atoms with Gasteiger partial charge in [0.25, 0.3) is 0 Å². The smallest absolute Gasteiger partial charge is 0.242 e. The molecule has 0 bridgehead atoms. The Morgan fingerprint density at radius 1 is 0.857 bits per heavy atom. The van der Waals surface area contributed by atoms with Crippen LogP contribution in [0.25, 0.3) is 0 Å². The van der Waals surface area contributed by atoms with Gasteiger partial charge in [0.1, 0.15) is 5.75 Å². The highest BCUT2D eigenvalue weighted by molar-refractivity contribution is 6.70. The van der Waals surface area contributed by atoms with Crippen molar-refractivity contribution >= 4 is 31.5 Å². The van der Waals surface area contributed by atoms with Gasteiger partial charge in [-0.15, -0.1) is 0 Å². The Morgan fingerprint density at radius 3 is 2.04 bits per heavy atom. The van der Waals surface area contributed by atoms with E-state index >= 15 is 0 Å². The molecule has 0 fully saturated rings. The van der Waals surface area contributed by atoms with Gasteiger partial charge in [0, 0.05) is 16.5 Å². The van der Waals surface area contributed by atoms with Gasteiger partial charge in [-0.3, -0.25) is 0 Å². The normalized spacial score (nSPS) is 12.9. The zero-order chi connectivity index (χ0) is 21.3. The van der Waals surface area contributed by atoms with Gasteiger partial charge in [-0.25, -0.2) is 0 Å². The molecule has 0 heterocycles. The van der Waals surface area contributed by atoms with Gasteiger partial charge in [-0.05, 0) is 71.8 Å². The summed E-state index contributed by atoms with van der Waals surface area (Å²) in [4.78, 5) is 0. The van der Waals surface area contributed by atoms with Crippen LogP contribution in [0.1, 0.15) is 57.7 Å². The van der Waals surface area contributed by atoms with Crippen molar-refractivity contribution in [1.29, 1.82) is 0 Å². The largest absolute Gasteiger partial charge is 0.544 e. The van der Waals surface area contributed by atoms with Crippen LogP contribution in [-0.4, -0.2) is 8.32 Å². The second-order valence-electron chi connectivity index (χ2n) is 10.6. The molecule has 0 saturated carbocycles. The molecule has 0 aliphatic carbocycles.